The standard InChI is InChI=1S/C26H30N2/c1-21-15-19-27(25-13-7-5-11-23(21)25)17-9-3-4-10-18-28-20-16-22(2)24-12-6-8-14-26(24)28/h5-8,11-16,19-20H,3-4,9-10,17-18H2,1-2H3/q+2. The monoisotopic (exact) mass is 370 g/mol. The minimum Gasteiger partial charge on any atom is -0.198 e. The number of benzene rings is 2. The van der Waals surface area contributed by atoms with Crippen LogP contribution in [0.2, 0.25) is 0 Å². The largest absolute Gasteiger partial charge is 0.212 e. The molecular weight excluding hydrogens is 340 g/mol. The zero-order valence-electron chi connectivity index (χ0n) is 17.1. The van der Waals surface area contributed by atoms with Gasteiger partial charge in [0.2, 0.25) is 11.0 Å². The molecule has 2 heteroatoms. The zero-order chi connectivity index (χ0) is 19.3. The van der Waals surface area contributed by atoms with Crippen LogP contribution in [-0.2, 0) is 13.1 Å². The molecule has 2 heterocycles. The molecule has 2 nitrogen and oxygen atoms in total. The van der Waals surface area contributed by atoms with Gasteiger partial charge < -0.3 is 0 Å². The first-order valence-corrected chi connectivity index (χ1v) is 10.5. The fourth-order valence-electron chi connectivity index (χ4n) is 4.17. The summed E-state index contributed by atoms with van der Waals surface area (Å²) in [5.41, 5.74) is 5.41. The van der Waals surface area contributed by atoms with E-state index < -0.39 is 0 Å². The summed E-state index contributed by atoms with van der Waals surface area (Å²) >= 11 is 0. The number of hydrogen-bond acceptors (Lipinski definition) is 0. The number of aryl methyl sites for hydroxylation is 4. The second-order valence-electron chi connectivity index (χ2n) is 7.83. The zero-order valence-corrected chi connectivity index (χ0v) is 17.1. The van der Waals surface area contributed by atoms with Gasteiger partial charge >= 0.3 is 0 Å². The number of pyridine rings is 2. The van der Waals surface area contributed by atoms with Crippen LogP contribution >= 0.6 is 0 Å². The molecule has 0 aliphatic heterocycles. The van der Waals surface area contributed by atoms with Gasteiger partial charge in [-0.2, -0.15) is 9.13 Å². The molecule has 0 aliphatic rings. The second kappa shape index (κ2) is 8.52. The number of fused-ring (bicyclic) bond motifs is 2. The Kier molecular flexibility index (Phi) is 5.66. The number of para-hydroxylation sites is 2. The quantitative estimate of drug-likeness (QED) is 0.302. The predicted octanol–water partition coefficient (Wildman–Crippen LogP) is 5.45. The van der Waals surface area contributed by atoms with Crippen LogP contribution in [0, 0.1) is 13.8 Å². The molecule has 0 amide bonds. The van der Waals surface area contributed by atoms with Crippen molar-refractivity contribution in [3.05, 3.63) is 84.2 Å². The topological polar surface area (TPSA) is 7.76 Å². The number of hydrogen-bond donors (Lipinski definition) is 0. The fraction of sp³-hybridized carbons (Fsp3) is 0.308. The van der Waals surface area contributed by atoms with Crippen molar-refractivity contribution in [3.8, 4) is 0 Å². The van der Waals surface area contributed by atoms with E-state index in [1.54, 1.807) is 0 Å². The first kappa shape index (κ1) is 18.6. The normalized spacial score (nSPS) is 11.4. The third kappa shape index (κ3) is 3.91. The molecule has 0 bridgehead atoms. The smallest absolute Gasteiger partial charge is 0.198 e. The average Bonchev–Trinajstić information content (AvgIpc) is 2.74. The van der Waals surface area contributed by atoms with Gasteiger partial charge in [-0.15, -0.1) is 0 Å². The van der Waals surface area contributed by atoms with Crippen LogP contribution in [0.5, 0.6) is 0 Å². The molecule has 0 unspecified atom stereocenters. The van der Waals surface area contributed by atoms with E-state index in [9.17, 15) is 0 Å². The highest BCUT2D eigenvalue weighted by molar-refractivity contribution is 5.79. The summed E-state index contributed by atoms with van der Waals surface area (Å²) in [6.07, 6.45) is 9.51. The van der Waals surface area contributed by atoms with Crippen LogP contribution in [-0.4, -0.2) is 0 Å². The van der Waals surface area contributed by atoms with Crippen molar-refractivity contribution in [1.29, 1.82) is 0 Å². The highest BCUT2D eigenvalue weighted by Gasteiger charge is 2.11. The first-order valence-electron chi connectivity index (χ1n) is 10.5. The van der Waals surface area contributed by atoms with Crippen molar-refractivity contribution in [2.75, 3.05) is 0 Å². The van der Waals surface area contributed by atoms with Gasteiger partial charge in [0.1, 0.15) is 13.1 Å². The summed E-state index contributed by atoms with van der Waals surface area (Å²) in [5, 5.41) is 2.74. The van der Waals surface area contributed by atoms with E-state index in [1.807, 2.05) is 0 Å². The Morgan fingerprint density at radius 1 is 0.536 bits per heavy atom. The fourth-order valence-corrected chi connectivity index (χ4v) is 4.17. The van der Waals surface area contributed by atoms with E-state index in [1.165, 1.54) is 58.6 Å². The Hall–Kier alpha value is -2.74. The van der Waals surface area contributed by atoms with Crippen molar-refractivity contribution in [2.45, 2.75) is 52.6 Å². The van der Waals surface area contributed by atoms with Crippen molar-refractivity contribution in [2.24, 2.45) is 0 Å². The Balaban J connectivity index is 1.31. The van der Waals surface area contributed by atoms with Crippen LogP contribution in [0.4, 0.5) is 0 Å². The van der Waals surface area contributed by atoms with Crippen molar-refractivity contribution in [3.63, 3.8) is 0 Å². The maximum atomic E-state index is 2.41. The molecular formula is C26H30N2+2. The molecule has 0 saturated carbocycles. The molecule has 2 aromatic heterocycles. The minimum atomic E-state index is 1.10. The summed E-state index contributed by atoms with van der Waals surface area (Å²) in [6.45, 7) is 6.58. The molecule has 142 valence electrons. The number of unbranched alkanes of at least 4 members (excludes halogenated alkanes) is 3. The molecule has 2 aromatic carbocycles. The first-order chi connectivity index (χ1) is 13.7. The van der Waals surface area contributed by atoms with Gasteiger partial charge in [0.15, 0.2) is 12.4 Å². The highest BCUT2D eigenvalue weighted by Crippen LogP contribution is 2.15. The summed E-state index contributed by atoms with van der Waals surface area (Å²) in [6, 6.07) is 21.9. The summed E-state index contributed by atoms with van der Waals surface area (Å²) < 4.78 is 4.81. The lowest BCUT2D eigenvalue weighted by Crippen LogP contribution is -2.35. The summed E-state index contributed by atoms with van der Waals surface area (Å²) in [7, 11) is 0. The molecule has 28 heavy (non-hydrogen) atoms. The van der Waals surface area contributed by atoms with Gasteiger partial charge in [0.05, 0.1) is 0 Å². The summed E-state index contributed by atoms with van der Waals surface area (Å²) in [5.74, 6) is 0. The maximum Gasteiger partial charge on any atom is 0.212 e. The van der Waals surface area contributed by atoms with Crippen molar-refractivity contribution >= 4 is 21.8 Å². The van der Waals surface area contributed by atoms with Crippen LogP contribution < -0.4 is 9.13 Å². The molecule has 0 radical (unpaired) electrons. The Morgan fingerprint density at radius 3 is 1.43 bits per heavy atom. The molecule has 0 N–H and O–H groups in total. The predicted molar refractivity (Wildman–Crippen MR) is 116 cm³/mol. The lowest BCUT2D eigenvalue weighted by molar-refractivity contribution is -0.673. The summed E-state index contributed by atoms with van der Waals surface area (Å²) in [4.78, 5) is 0. The lowest BCUT2D eigenvalue weighted by atomic mass is 10.1. The van der Waals surface area contributed by atoms with Gasteiger partial charge in [-0.25, -0.2) is 0 Å². The number of rotatable bonds is 7. The molecule has 0 aliphatic carbocycles. The lowest BCUT2D eigenvalue weighted by Gasteiger charge is -2.05. The average molecular weight is 371 g/mol. The molecule has 0 spiro atoms. The van der Waals surface area contributed by atoms with E-state index in [0.29, 0.717) is 0 Å². The van der Waals surface area contributed by atoms with Gasteiger partial charge in [0.25, 0.3) is 0 Å². The van der Waals surface area contributed by atoms with Gasteiger partial charge in [-0.1, -0.05) is 24.3 Å². The molecule has 0 saturated heterocycles. The van der Waals surface area contributed by atoms with E-state index in [-0.39, 0.29) is 0 Å². The van der Waals surface area contributed by atoms with Crippen molar-refractivity contribution < 1.29 is 9.13 Å². The van der Waals surface area contributed by atoms with Crippen LogP contribution in [0.25, 0.3) is 21.8 Å². The van der Waals surface area contributed by atoms with Crippen LogP contribution in [0.15, 0.2) is 73.1 Å². The molecule has 4 rings (SSSR count). The van der Waals surface area contributed by atoms with E-state index in [2.05, 4.69) is 96.0 Å². The highest BCUT2D eigenvalue weighted by atomic mass is 14.9. The maximum absolute atomic E-state index is 2.41. The molecule has 4 aromatic rings. The third-order valence-corrected chi connectivity index (χ3v) is 5.83. The minimum absolute atomic E-state index is 1.10. The SMILES string of the molecule is Cc1cc[n+](CCCCCC[n+]2ccc(C)c3ccccc32)c2ccccc12. The number of nitrogens with zero attached hydrogens (tertiary/aromatic N) is 2. The van der Waals surface area contributed by atoms with Gasteiger partial charge in [-0.3, -0.25) is 0 Å². The Morgan fingerprint density at radius 2 is 0.964 bits per heavy atom. The van der Waals surface area contributed by atoms with E-state index >= 15 is 0 Å². The van der Waals surface area contributed by atoms with E-state index in [4.69, 9.17) is 0 Å². The van der Waals surface area contributed by atoms with Gasteiger partial charge in [0, 0.05) is 47.9 Å². The second-order valence-corrected chi connectivity index (χ2v) is 7.83. The van der Waals surface area contributed by atoms with E-state index in [0.717, 1.165) is 13.1 Å². The Bertz CT molecular complexity index is 1010. The number of aromatic nitrogens is 2. The van der Waals surface area contributed by atoms with Crippen molar-refractivity contribution in [1.82, 2.24) is 0 Å². The third-order valence-electron chi connectivity index (χ3n) is 5.83. The van der Waals surface area contributed by atoms with Gasteiger partial charge in [-0.05, 0) is 49.9 Å². The molecule has 0 fully saturated rings. The molecule has 0 atom stereocenters. The van der Waals surface area contributed by atoms with Crippen LogP contribution in [0.1, 0.15) is 36.8 Å². The Labute approximate surface area is 168 Å². The van der Waals surface area contributed by atoms with Crippen LogP contribution in [0.3, 0.4) is 0 Å².